The zero-order valence-corrected chi connectivity index (χ0v) is 13.8. The highest BCUT2D eigenvalue weighted by Crippen LogP contribution is 2.41. The van der Waals surface area contributed by atoms with E-state index in [1.54, 1.807) is 4.88 Å². The van der Waals surface area contributed by atoms with Crippen LogP contribution in [0.2, 0.25) is 0 Å². The van der Waals surface area contributed by atoms with Gasteiger partial charge >= 0.3 is 0 Å². The van der Waals surface area contributed by atoms with Gasteiger partial charge in [0, 0.05) is 16.8 Å². The maximum Gasteiger partial charge on any atom is 0.0962 e. The third-order valence-corrected chi connectivity index (χ3v) is 6.35. The number of fused-ring (bicyclic) bond motifs is 1. The van der Waals surface area contributed by atoms with E-state index in [4.69, 9.17) is 4.98 Å². The molecule has 0 radical (unpaired) electrons. The SMILES string of the molecule is CCCNC1CCCc2nc(C3CCC(C)CC3)sc21. The fraction of sp³-hybridized carbons (Fsp3) is 0.824. The molecular formula is C17H28N2S. The van der Waals surface area contributed by atoms with Crippen LogP contribution in [0.25, 0.3) is 0 Å². The first kappa shape index (κ1) is 14.5. The van der Waals surface area contributed by atoms with Crippen LogP contribution in [0.4, 0.5) is 0 Å². The van der Waals surface area contributed by atoms with Gasteiger partial charge in [0.15, 0.2) is 0 Å². The second kappa shape index (κ2) is 6.57. The number of hydrogen-bond acceptors (Lipinski definition) is 3. The van der Waals surface area contributed by atoms with E-state index in [1.807, 2.05) is 11.3 Å². The number of thiazole rings is 1. The average Bonchev–Trinajstić information content (AvgIpc) is 2.90. The van der Waals surface area contributed by atoms with Crippen LogP contribution in [0.3, 0.4) is 0 Å². The van der Waals surface area contributed by atoms with E-state index in [-0.39, 0.29) is 0 Å². The summed E-state index contributed by atoms with van der Waals surface area (Å²) in [5.41, 5.74) is 1.42. The number of nitrogens with zero attached hydrogens (tertiary/aromatic N) is 1. The Labute approximate surface area is 127 Å². The zero-order valence-electron chi connectivity index (χ0n) is 13.0. The van der Waals surface area contributed by atoms with Gasteiger partial charge in [-0.25, -0.2) is 4.98 Å². The Kier molecular flexibility index (Phi) is 4.77. The van der Waals surface area contributed by atoms with Crippen molar-refractivity contribution in [3.8, 4) is 0 Å². The van der Waals surface area contributed by atoms with Crippen molar-refractivity contribution in [1.82, 2.24) is 10.3 Å². The molecule has 0 bridgehead atoms. The van der Waals surface area contributed by atoms with Crippen molar-refractivity contribution in [3.63, 3.8) is 0 Å². The van der Waals surface area contributed by atoms with Gasteiger partial charge in [-0.3, -0.25) is 0 Å². The molecule has 3 heteroatoms. The Hall–Kier alpha value is -0.410. The molecule has 1 heterocycles. The summed E-state index contributed by atoms with van der Waals surface area (Å²) < 4.78 is 0. The third-order valence-electron chi connectivity index (χ3n) is 4.97. The van der Waals surface area contributed by atoms with Crippen molar-refractivity contribution < 1.29 is 0 Å². The van der Waals surface area contributed by atoms with Gasteiger partial charge in [-0.15, -0.1) is 11.3 Å². The van der Waals surface area contributed by atoms with E-state index in [0.29, 0.717) is 6.04 Å². The smallest absolute Gasteiger partial charge is 0.0962 e. The number of aryl methyl sites for hydroxylation is 1. The molecule has 1 fully saturated rings. The van der Waals surface area contributed by atoms with E-state index in [9.17, 15) is 0 Å². The summed E-state index contributed by atoms with van der Waals surface area (Å²) in [7, 11) is 0. The molecule has 1 atom stereocenters. The monoisotopic (exact) mass is 292 g/mol. The van der Waals surface area contributed by atoms with Gasteiger partial charge in [0.2, 0.25) is 0 Å². The first-order valence-corrected chi connectivity index (χ1v) is 9.32. The molecule has 0 aromatic carbocycles. The second-order valence-electron chi connectivity index (χ2n) is 6.72. The number of aromatic nitrogens is 1. The van der Waals surface area contributed by atoms with E-state index in [0.717, 1.165) is 18.4 Å². The minimum atomic E-state index is 0.590. The maximum atomic E-state index is 5.04. The van der Waals surface area contributed by atoms with Crippen molar-refractivity contribution in [2.24, 2.45) is 5.92 Å². The lowest BCUT2D eigenvalue weighted by atomic mass is 9.83. The van der Waals surface area contributed by atoms with Crippen LogP contribution in [0.1, 0.15) is 86.3 Å². The predicted molar refractivity (Wildman–Crippen MR) is 86.5 cm³/mol. The number of nitrogens with one attached hydrogen (secondary N) is 1. The Balaban J connectivity index is 1.73. The summed E-state index contributed by atoms with van der Waals surface area (Å²) in [6.45, 7) is 5.78. The van der Waals surface area contributed by atoms with Crippen LogP contribution in [0.15, 0.2) is 0 Å². The lowest BCUT2D eigenvalue weighted by Gasteiger charge is -2.24. The lowest BCUT2D eigenvalue weighted by Crippen LogP contribution is -2.24. The van der Waals surface area contributed by atoms with E-state index in [2.05, 4.69) is 19.2 Å². The Morgan fingerprint density at radius 2 is 2.00 bits per heavy atom. The fourth-order valence-electron chi connectivity index (χ4n) is 3.63. The molecule has 2 nitrogen and oxygen atoms in total. The predicted octanol–water partition coefficient (Wildman–Crippen LogP) is 4.81. The Morgan fingerprint density at radius 1 is 1.20 bits per heavy atom. The van der Waals surface area contributed by atoms with E-state index in [1.165, 1.54) is 62.1 Å². The minimum Gasteiger partial charge on any atom is -0.309 e. The average molecular weight is 292 g/mol. The van der Waals surface area contributed by atoms with Crippen molar-refractivity contribution in [2.45, 2.75) is 77.2 Å². The van der Waals surface area contributed by atoms with Gasteiger partial charge in [-0.2, -0.15) is 0 Å². The second-order valence-corrected chi connectivity index (χ2v) is 7.78. The molecule has 2 aliphatic rings. The molecule has 1 unspecified atom stereocenters. The standard InChI is InChI=1S/C17H28N2S/c1-3-11-18-14-5-4-6-15-16(14)20-17(19-15)13-9-7-12(2)8-10-13/h12-14,18H,3-11H2,1-2H3. The van der Waals surface area contributed by atoms with Crippen molar-refractivity contribution in [3.05, 3.63) is 15.6 Å². The van der Waals surface area contributed by atoms with Crippen LogP contribution in [-0.4, -0.2) is 11.5 Å². The molecule has 0 saturated heterocycles. The van der Waals surface area contributed by atoms with Gasteiger partial charge in [0.05, 0.1) is 10.7 Å². The molecule has 112 valence electrons. The van der Waals surface area contributed by atoms with E-state index >= 15 is 0 Å². The quantitative estimate of drug-likeness (QED) is 0.861. The highest BCUT2D eigenvalue weighted by molar-refractivity contribution is 7.12. The van der Waals surface area contributed by atoms with Crippen molar-refractivity contribution in [1.29, 1.82) is 0 Å². The fourth-order valence-corrected chi connectivity index (χ4v) is 5.03. The molecule has 20 heavy (non-hydrogen) atoms. The zero-order chi connectivity index (χ0) is 13.9. The molecule has 0 aliphatic heterocycles. The van der Waals surface area contributed by atoms with Crippen LogP contribution in [0, 0.1) is 5.92 Å². The van der Waals surface area contributed by atoms with E-state index < -0.39 is 0 Å². The molecule has 2 aliphatic carbocycles. The normalized spacial score (nSPS) is 30.2. The summed E-state index contributed by atoms with van der Waals surface area (Å²) in [5.74, 6) is 1.69. The number of rotatable bonds is 4. The molecule has 3 rings (SSSR count). The third kappa shape index (κ3) is 3.09. The van der Waals surface area contributed by atoms with Crippen LogP contribution in [0.5, 0.6) is 0 Å². The van der Waals surface area contributed by atoms with Crippen molar-refractivity contribution in [2.75, 3.05) is 6.54 Å². The lowest BCUT2D eigenvalue weighted by molar-refractivity contribution is 0.347. The van der Waals surface area contributed by atoms with Crippen LogP contribution < -0.4 is 5.32 Å². The highest BCUT2D eigenvalue weighted by Gasteiger charge is 2.28. The Bertz CT molecular complexity index is 432. The van der Waals surface area contributed by atoms with Gasteiger partial charge in [0.25, 0.3) is 0 Å². The highest BCUT2D eigenvalue weighted by atomic mass is 32.1. The first-order chi connectivity index (χ1) is 9.78. The Morgan fingerprint density at radius 3 is 2.75 bits per heavy atom. The first-order valence-electron chi connectivity index (χ1n) is 8.50. The summed E-state index contributed by atoms with van der Waals surface area (Å²) >= 11 is 2.03. The molecule has 0 spiro atoms. The van der Waals surface area contributed by atoms with Gasteiger partial charge < -0.3 is 5.32 Å². The van der Waals surface area contributed by atoms with Gasteiger partial charge in [-0.1, -0.05) is 26.7 Å². The largest absolute Gasteiger partial charge is 0.309 e. The maximum absolute atomic E-state index is 5.04. The molecule has 1 aromatic rings. The minimum absolute atomic E-state index is 0.590. The van der Waals surface area contributed by atoms with Crippen LogP contribution >= 0.6 is 11.3 Å². The molecule has 1 saturated carbocycles. The summed E-state index contributed by atoms with van der Waals surface area (Å²) in [4.78, 5) is 6.60. The van der Waals surface area contributed by atoms with Gasteiger partial charge in [0.1, 0.15) is 0 Å². The molecular weight excluding hydrogens is 264 g/mol. The summed E-state index contributed by atoms with van der Waals surface area (Å²) in [5, 5.41) is 5.17. The number of hydrogen-bond donors (Lipinski definition) is 1. The summed E-state index contributed by atoms with van der Waals surface area (Å²) in [6.07, 6.45) is 10.5. The molecule has 1 N–H and O–H groups in total. The summed E-state index contributed by atoms with van der Waals surface area (Å²) in [6, 6.07) is 0.590. The van der Waals surface area contributed by atoms with Gasteiger partial charge in [-0.05, 0) is 51.0 Å². The van der Waals surface area contributed by atoms with Crippen LogP contribution in [-0.2, 0) is 6.42 Å². The van der Waals surface area contributed by atoms with Crippen molar-refractivity contribution >= 4 is 11.3 Å². The molecule has 1 aromatic heterocycles. The molecule has 0 amide bonds. The topological polar surface area (TPSA) is 24.9 Å².